The number of nitriles is 1. The van der Waals surface area contributed by atoms with E-state index in [0.29, 0.717) is 6.54 Å². The summed E-state index contributed by atoms with van der Waals surface area (Å²) in [6, 6.07) is 7.00. The normalized spacial score (nSPS) is 14.4. The van der Waals surface area contributed by atoms with Crippen LogP contribution in [0, 0.1) is 11.3 Å². The van der Waals surface area contributed by atoms with E-state index >= 15 is 0 Å². The summed E-state index contributed by atoms with van der Waals surface area (Å²) in [6.45, 7) is 3.97. The first kappa shape index (κ1) is 16.3. The van der Waals surface area contributed by atoms with E-state index in [1.807, 2.05) is 13.0 Å². The first-order valence-corrected chi connectivity index (χ1v) is 6.27. The molecule has 0 saturated heterocycles. The Kier molecular flexibility index (Phi) is 5.40. The Balaban J connectivity index is 2.82. The Labute approximate surface area is 116 Å². The molecule has 1 rings (SSSR count). The number of para-hydroxylation sites is 1. The average molecular weight is 286 g/mol. The van der Waals surface area contributed by atoms with Gasteiger partial charge >= 0.3 is 6.18 Å². The Bertz CT molecular complexity index is 482. The Morgan fingerprint density at radius 2 is 1.95 bits per heavy atom. The minimum atomic E-state index is -4.48. The molecule has 20 heavy (non-hydrogen) atoms. The molecule has 3 nitrogen and oxygen atoms in total. The molecule has 0 aliphatic heterocycles. The van der Waals surface area contributed by atoms with E-state index in [1.54, 1.807) is 6.92 Å². The van der Waals surface area contributed by atoms with E-state index in [1.165, 1.54) is 18.2 Å². The van der Waals surface area contributed by atoms with Gasteiger partial charge in [-0.05, 0) is 32.0 Å². The molecule has 1 aromatic carbocycles. The van der Waals surface area contributed by atoms with Gasteiger partial charge in [0.25, 0.3) is 0 Å². The van der Waals surface area contributed by atoms with Gasteiger partial charge < -0.3 is 4.74 Å². The van der Waals surface area contributed by atoms with Gasteiger partial charge in [-0.15, -0.1) is 0 Å². The number of alkyl halides is 3. The quantitative estimate of drug-likeness (QED) is 0.872. The van der Waals surface area contributed by atoms with Crippen LogP contribution in [0.25, 0.3) is 0 Å². The van der Waals surface area contributed by atoms with Crippen molar-refractivity contribution in [2.24, 2.45) is 0 Å². The molecule has 0 fully saturated rings. The Morgan fingerprint density at radius 1 is 1.30 bits per heavy atom. The number of hydrogen-bond donors (Lipinski definition) is 1. The second-order valence-electron chi connectivity index (χ2n) is 4.65. The Morgan fingerprint density at radius 3 is 2.50 bits per heavy atom. The number of nitrogens with zero attached hydrogens (tertiary/aromatic N) is 1. The fraction of sp³-hybridized carbons (Fsp3) is 0.500. The fourth-order valence-electron chi connectivity index (χ4n) is 1.57. The summed E-state index contributed by atoms with van der Waals surface area (Å²) in [5.74, 6) is -0.264. The van der Waals surface area contributed by atoms with Crippen LogP contribution >= 0.6 is 0 Å². The summed E-state index contributed by atoms with van der Waals surface area (Å²) >= 11 is 0. The van der Waals surface area contributed by atoms with Crippen LogP contribution in [-0.4, -0.2) is 18.7 Å². The zero-order chi connectivity index (χ0) is 15.2. The molecule has 1 unspecified atom stereocenters. The molecule has 110 valence electrons. The smallest absolute Gasteiger partial charge is 0.419 e. The lowest BCUT2D eigenvalue weighted by atomic mass is 10.1. The topological polar surface area (TPSA) is 45.0 Å². The molecule has 1 atom stereocenters. The standard InChI is InChI=1S/C14H17F3N2O/c1-3-8-19-13(2,9-18)10-20-12-7-5-4-6-11(12)14(15,16)17/h4-7,19H,3,8,10H2,1-2H3. The van der Waals surface area contributed by atoms with Crippen molar-refractivity contribution in [2.45, 2.75) is 32.0 Å². The molecule has 0 bridgehead atoms. The van der Waals surface area contributed by atoms with Gasteiger partial charge in [0.2, 0.25) is 0 Å². The Hall–Kier alpha value is -1.74. The van der Waals surface area contributed by atoms with Crippen molar-refractivity contribution in [1.29, 1.82) is 5.26 Å². The number of nitrogens with one attached hydrogen (secondary N) is 1. The highest BCUT2D eigenvalue weighted by atomic mass is 19.4. The van der Waals surface area contributed by atoms with Gasteiger partial charge in [0.1, 0.15) is 17.9 Å². The predicted molar refractivity (Wildman–Crippen MR) is 69.3 cm³/mol. The molecule has 6 heteroatoms. The number of rotatable bonds is 6. The van der Waals surface area contributed by atoms with Crippen LogP contribution in [0.2, 0.25) is 0 Å². The van der Waals surface area contributed by atoms with Crippen molar-refractivity contribution < 1.29 is 17.9 Å². The maximum absolute atomic E-state index is 12.8. The van der Waals surface area contributed by atoms with Crippen LogP contribution < -0.4 is 10.1 Å². The third kappa shape index (κ3) is 4.42. The van der Waals surface area contributed by atoms with Gasteiger partial charge in [0.05, 0.1) is 11.6 Å². The fourth-order valence-corrected chi connectivity index (χ4v) is 1.57. The lowest BCUT2D eigenvalue weighted by molar-refractivity contribution is -0.139. The molecule has 0 amide bonds. The number of hydrogen-bond acceptors (Lipinski definition) is 3. The van der Waals surface area contributed by atoms with Gasteiger partial charge in [0, 0.05) is 0 Å². The zero-order valence-electron chi connectivity index (χ0n) is 11.4. The van der Waals surface area contributed by atoms with Crippen LogP contribution in [0.4, 0.5) is 13.2 Å². The average Bonchev–Trinajstić information content (AvgIpc) is 2.42. The zero-order valence-corrected chi connectivity index (χ0v) is 11.4. The molecular formula is C14H17F3N2O. The number of benzene rings is 1. The molecule has 0 saturated carbocycles. The van der Waals surface area contributed by atoms with E-state index in [2.05, 4.69) is 5.32 Å². The predicted octanol–water partition coefficient (Wildman–Crippen LogP) is 3.37. The molecule has 1 aromatic rings. The highest BCUT2D eigenvalue weighted by Gasteiger charge is 2.34. The molecule has 1 N–H and O–H groups in total. The van der Waals surface area contributed by atoms with Crippen LogP contribution in [0.15, 0.2) is 24.3 Å². The van der Waals surface area contributed by atoms with Gasteiger partial charge in [0.15, 0.2) is 0 Å². The molecular weight excluding hydrogens is 269 g/mol. The van der Waals surface area contributed by atoms with Gasteiger partial charge in [-0.1, -0.05) is 19.1 Å². The summed E-state index contributed by atoms with van der Waals surface area (Å²) in [5.41, 5.74) is -1.86. The second-order valence-corrected chi connectivity index (χ2v) is 4.65. The number of ether oxygens (including phenoxy) is 1. The van der Waals surface area contributed by atoms with Crippen LogP contribution in [-0.2, 0) is 6.18 Å². The molecule has 0 aromatic heterocycles. The maximum atomic E-state index is 12.8. The third-order valence-electron chi connectivity index (χ3n) is 2.72. The van der Waals surface area contributed by atoms with Crippen LogP contribution in [0.5, 0.6) is 5.75 Å². The van der Waals surface area contributed by atoms with Crippen molar-refractivity contribution >= 4 is 0 Å². The summed E-state index contributed by atoms with van der Waals surface area (Å²) in [7, 11) is 0. The second kappa shape index (κ2) is 6.62. The third-order valence-corrected chi connectivity index (χ3v) is 2.72. The first-order valence-electron chi connectivity index (χ1n) is 6.27. The van der Waals surface area contributed by atoms with E-state index in [-0.39, 0.29) is 12.4 Å². The largest absolute Gasteiger partial charge is 0.490 e. The maximum Gasteiger partial charge on any atom is 0.419 e. The summed E-state index contributed by atoms with van der Waals surface area (Å²) in [6.07, 6.45) is -3.66. The van der Waals surface area contributed by atoms with Gasteiger partial charge in [-0.3, -0.25) is 5.32 Å². The monoisotopic (exact) mass is 286 g/mol. The van der Waals surface area contributed by atoms with Gasteiger partial charge in [-0.2, -0.15) is 18.4 Å². The first-order chi connectivity index (χ1) is 9.32. The molecule has 0 radical (unpaired) electrons. The minimum absolute atomic E-state index is 0.156. The van der Waals surface area contributed by atoms with E-state index in [9.17, 15) is 13.2 Å². The minimum Gasteiger partial charge on any atom is -0.490 e. The van der Waals surface area contributed by atoms with E-state index in [4.69, 9.17) is 10.00 Å². The van der Waals surface area contributed by atoms with Crippen molar-refractivity contribution in [1.82, 2.24) is 5.32 Å². The summed E-state index contributed by atoms with van der Waals surface area (Å²) in [4.78, 5) is 0. The lowest BCUT2D eigenvalue weighted by Crippen LogP contribution is -2.46. The van der Waals surface area contributed by atoms with Crippen molar-refractivity contribution in [3.63, 3.8) is 0 Å². The van der Waals surface area contributed by atoms with Gasteiger partial charge in [-0.25, -0.2) is 0 Å². The molecule has 0 spiro atoms. The highest BCUT2D eigenvalue weighted by Crippen LogP contribution is 2.36. The van der Waals surface area contributed by atoms with Crippen LogP contribution in [0.3, 0.4) is 0 Å². The summed E-state index contributed by atoms with van der Waals surface area (Å²) < 4.78 is 43.6. The SMILES string of the molecule is CCCNC(C)(C#N)COc1ccccc1C(F)(F)F. The van der Waals surface area contributed by atoms with Crippen LogP contribution in [0.1, 0.15) is 25.8 Å². The van der Waals surface area contributed by atoms with Crippen molar-refractivity contribution in [3.8, 4) is 11.8 Å². The molecule has 0 aliphatic carbocycles. The highest BCUT2D eigenvalue weighted by molar-refractivity contribution is 5.35. The number of halogens is 3. The lowest BCUT2D eigenvalue weighted by Gasteiger charge is -2.24. The van der Waals surface area contributed by atoms with Crippen molar-refractivity contribution in [3.05, 3.63) is 29.8 Å². The molecule has 0 heterocycles. The van der Waals surface area contributed by atoms with Crippen molar-refractivity contribution in [2.75, 3.05) is 13.2 Å². The summed E-state index contributed by atoms with van der Waals surface area (Å²) in [5, 5.41) is 12.1. The molecule has 0 aliphatic rings. The van der Waals surface area contributed by atoms with E-state index < -0.39 is 17.3 Å². The van der Waals surface area contributed by atoms with E-state index in [0.717, 1.165) is 12.5 Å².